The molecule has 4 rings (SSSR count). The Morgan fingerprint density at radius 2 is 1.56 bits per heavy atom. The number of esters is 1. The summed E-state index contributed by atoms with van der Waals surface area (Å²) in [6.45, 7) is 1.76. The van der Waals surface area contributed by atoms with Gasteiger partial charge in [0.05, 0.1) is 23.6 Å². The lowest BCUT2D eigenvalue weighted by Crippen LogP contribution is -2.30. The van der Waals surface area contributed by atoms with Gasteiger partial charge >= 0.3 is 5.97 Å². The van der Waals surface area contributed by atoms with Crippen LogP contribution in [0.4, 0.5) is 11.4 Å². The van der Waals surface area contributed by atoms with E-state index in [-0.39, 0.29) is 17.2 Å². The van der Waals surface area contributed by atoms with Crippen molar-refractivity contribution in [1.29, 1.82) is 0 Å². The molecule has 1 atom stereocenters. The van der Waals surface area contributed by atoms with Crippen LogP contribution in [0.25, 0.3) is 6.08 Å². The molecule has 0 radical (unpaired) electrons. The number of thioether (sulfide) groups is 1. The molecule has 208 valence electrons. The van der Waals surface area contributed by atoms with Gasteiger partial charge in [-0.2, -0.15) is 0 Å². The van der Waals surface area contributed by atoms with Gasteiger partial charge in [-0.1, -0.05) is 36.4 Å². The number of amides is 3. The van der Waals surface area contributed by atoms with E-state index in [0.717, 1.165) is 9.77 Å². The molecule has 41 heavy (non-hydrogen) atoms. The number of hydrogen-bond donors (Lipinski definition) is 3. The van der Waals surface area contributed by atoms with E-state index in [4.69, 9.17) is 4.74 Å². The van der Waals surface area contributed by atoms with Crippen LogP contribution in [0.1, 0.15) is 32.5 Å². The predicted molar refractivity (Wildman–Crippen MR) is 163 cm³/mol. The van der Waals surface area contributed by atoms with Gasteiger partial charge in [0.25, 0.3) is 11.8 Å². The number of thiophene rings is 1. The van der Waals surface area contributed by atoms with E-state index >= 15 is 0 Å². The van der Waals surface area contributed by atoms with Crippen molar-refractivity contribution in [1.82, 2.24) is 5.32 Å². The SMILES string of the molecule is COC(=O)c1ccccc1NC(=O)C(C)Sc1ccc(NC(=O)/C(=C/c2cccs2)NC(=O)c2ccccc2)cc1. The Labute approximate surface area is 245 Å². The number of anilines is 2. The van der Waals surface area contributed by atoms with Crippen LogP contribution in [0.5, 0.6) is 0 Å². The molecule has 1 aromatic heterocycles. The standard InChI is InChI=1S/C31H27N3O5S2/c1-20(28(35)33-26-13-7-6-12-25(26)31(38)39-2)41-23-16-14-22(15-17-23)32-30(37)27(19-24-11-8-18-40-24)34-29(36)21-9-4-3-5-10-21/h3-20H,1-2H3,(H,32,37)(H,33,35)(H,34,36)/b27-19-. The van der Waals surface area contributed by atoms with Crippen LogP contribution >= 0.6 is 23.1 Å². The monoisotopic (exact) mass is 585 g/mol. The summed E-state index contributed by atoms with van der Waals surface area (Å²) in [6.07, 6.45) is 1.63. The average Bonchev–Trinajstić information content (AvgIpc) is 3.51. The maximum absolute atomic E-state index is 13.1. The summed E-state index contributed by atoms with van der Waals surface area (Å²) in [7, 11) is 1.28. The minimum Gasteiger partial charge on any atom is -0.465 e. The van der Waals surface area contributed by atoms with Gasteiger partial charge in [0.1, 0.15) is 5.70 Å². The molecule has 1 unspecified atom stereocenters. The third-order valence-corrected chi connectivity index (χ3v) is 7.67. The van der Waals surface area contributed by atoms with E-state index in [9.17, 15) is 19.2 Å². The summed E-state index contributed by atoms with van der Waals surface area (Å²) >= 11 is 2.77. The molecule has 0 spiro atoms. The largest absolute Gasteiger partial charge is 0.465 e. The number of ether oxygens (including phenoxy) is 1. The van der Waals surface area contributed by atoms with Gasteiger partial charge < -0.3 is 20.7 Å². The lowest BCUT2D eigenvalue weighted by Gasteiger charge is -2.14. The summed E-state index contributed by atoms with van der Waals surface area (Å²) in [4.78, 5) is 52.3. The molecule has 8 nitrogen and oxygen atoms in total. The minimum absolute atomic E-state index is 0.109. The number of carbonyl (C=O) groups excluding carboxylic acids is 4. The van der Waals surface area contributed by atoms with Gasteiger partial charge in [0.15, 0.2) is 0 Å². The van der Waals surface area contributed by atoms with Gasteiger partial charge in [0.2, 0.25) is 5.91 Å². The van der Waals surface area contributed by atoms with Crippen LogP contribution in [0, 0.1) is 0 Å². The topological polar surface area (TPSA) is 114 Å². The quantitative estimate of drug-likeness (QED) is 0.118. The van der Waals surface area contributed by atoms with Gasteiger partial charge in [0, 0.05) is 21.0 Å². The molecule has 4 aromatic rings. The van der Waals surface area contributed by atoms with Gasteiger partial charge in [-0.15, -0.1) is 23.1 Å². The smallest absolute Gasteiger partial charge is 0.339 e. The molecule has 10 heteroatoms. The molecule has 3 aromatic carbocycles. The molecule has 0 saturated carbocycles. The molecular weight excluding hydrogens is 558 g/mol. The first-order chi connectivity index (χ1) is 19.8. The Kier molecular flexibility index (Phi) is 10.1. The molecular formula is C31H27N3O5S2. The summed E-state index contributed by atoms with van der Waals surface area (Å²) in [5.74, 6) is -1.68. The zero-order chi connectivity index (χ0) is 29.2. The molecule has 1 heterocycles. The van der Waals surface area contributed by atoms with E-state index < -0.39 is 23.0 Å². The molecule has 0 aliphatic carbocycles. The van der Waals surface area contributed by atoms with E-state index in [1.54, 1.807) is 85.8 Å². The summed E-state index contributed by atoms with van der Waals surface area (Å²) in [5.41, 5.74) is 1.71. The second kappa shape index (κ2) is 14.1. The molecule has 0 aliphatic heterocycles. The molecule has 3 N–H and O–H groups in total. The fourth-order valence-electron chi connectivity index (χ4n) is 3.65. The second-order valence-corrected chi connectivity index (χ2v) is 11.1. The highest BCUT2D eigenvalue weighted by Gasteiger charge is 2.19. The van der Waals surface area contributed by atoms with Crippen molar-refractivity contribution in [3.63, 3.8) is 0 Å². The first kappa shape index (κ1) is 29.3. The zero-order valence-electron chi connectivity index (χ0n) is 22.3. The number of para-hydroxylation sites is 1. The average molecular weight is 586 g/mol. The van der Waals surface area contributed by atoms with Gasteiger partial charge in [-0.3, -0.25) is 14.4 Å². The Morgan fingerprint density at radius 3 is 2.24 bits per heavy atom. The molecule has 0 fully saturated rings. The van der Waals surface area contributed by atoms with Crippen LogP contribution in [-0.4, -0.2) is 36.1 Å². The number of rotatable bonds is 10. The van der Waals surface area contributed by atoms with E-state index in [1.165, 1.54) is 30.2 Å². The van der Waals surface area contributed by atoms with Crippen molar-refractivity contribution >= 4 is 64.2 Å². The van der Waals surface area contributed by atoms with Crippen molar-refractivity contribution < 1.29 is 23.9 Å². The first-order valence-electron chi connectivity index (χ1n) is 12.5. The normalized spacial score (nSPS) is 11.7. The minimum atomic E-state index is -0.535. The van der Waals surface area contributed by atoms with E-state index in [1.807, 2.05) is 23.6 Å². The Morgan fingerprint density at radius 1 is 0.854 bits per heavy atom. The van der Waals surface area contributed by atoms with Crippen LogP contribution in [0.2, 0.25) is 0 Å². The van der Waals surface area contributed by atoms with Crippen molar-refractivity contribution in [2.75, 3.05) is 17.7 Å². The maximum Gasteiger partial charge on any atom is 0.339 e. The van der Waals surface area contributed by atoms with Crippen LogP contribution in [0.3, 0.4) is 0 Å². The van der Waals surface area contributed by atoms with Gasteiger partial charge in [-0.05, 0) is 73.0 Å². The number of carbonyl (C=O) groups is 4. The summed E-state index contributed by atoms with van der Waals surface area (Å²) < 4.78 is 4.78. The molecule has 3 amide bonds. The maximum atomic E-state index is 13.1. The zero-order valence-corrected chi connectivity index (χ0v) is 23.9. The fourth-order valence-corrected chi connectivity index (χ4v) is 5.17. The summed E-state index contributed by atoms with van der Waals surface area (Å²) in [6, 6.07) is 26.0. The highest BCUT2D eigenvalue weighted by molar-refractivity contribution is 8.00. The fraction of sp³-hybridized carbons (Fsp3) is 0.0968. The van der Waals surface area contributed by atoms with Crippen LogP contribution in [0.15, 0.2) is 107 Å². The third kappa shape index (κ3) is 8.17. The molecule has 0 aliphatic rings. The Hall–Kier alpha value is -4.67. The van der Waals surface area contributed by atoms with Crippen LogP contribution in [-0.2, 0) is 14.3 Å². The highest BCUT2D eigenvalue weighted by Crippen LogP contribution is 2.27. The second-order valence-electron chi connectivity index (χ2n) is 8.66. The first-order valence-corrected chi connectivity index (χ1v) is 14.3. The predicted octanol–water partition coefficient (Wildman–Crippen LogP) is 6.06. The van der Waals surface area contributed by atoms with Crippen molar-refractivity contribution in [2.45, 2.75) is 17.1 Å². The number of benzene rings is 3. The molecule has 0 bridgehead atoms. The number of nitrogens with one attached hydrogen (secondary N) is 3. The Balaban J connectivity index is 1.40. The number of hydrogen-bond acceptors (Lipinski definition) is 7. The third-order valence-electron chi connectivity index (χ3n) is 5.74. The summed E-state index contributed by atoms with van der Waals surface area (Å²) in [5, 5.41) is 9.73. The van der Waals surface area contributed by atoms with Gasteiger partial charge in [-0.25, -0.2) is 4.79 Å². The van der Waals surface area contributed by atoms with Crippen molar-refractivity contribution in [2.24, 2.45) is 0 Å². The lowest BCUT2D eigenvalue weighted by molar-refractivity contribution is -0.115. The Bertz CT molecular complexity index is 1550. The molecule has 0 saturated heterocycles. The lowest BCUT2D eigenvalue weighted by atomic mass is 10.2. The van der Waals surface area contributed by atoms with E-state index in [0.29, 0.717) is 16.9 Å². The van der Waals surface area contributed by atoms with Crippen LogP contribution < -0.4 is 16.0 Å². The van der Waals surface area contributed by atoms with E-state index in [2.05, 4.69) is 16.0 Å². The highest BCUT2D eigenvalue weighted by atomic mass is 32.2. The van der Waals surface area contributed by atoms with Crippen molar-refractivity contribution in [3.05, 3.63) is 118 Å². The van der Waals surface area contributed by atoms with Crippen molar-refractivity contribution in [3.8, 4) is 0 Å². The number of methoxy groups -OCH3 is 1.